The first kappa shape index (κ1) is 12.2. The van der Waals surface area contributed by atoms with Crippen LogP contribution in [0.5, 0.6) is 0 Å². The van der Waals surface area contributed by atoms with Crippen molar-refractivity contribution >= 4 is 5.97 Å². The van der Waals surface area contributed by atoms with Gasteiger partial charge in [-0.2, -0.15) is 5.26 Å². The van der Waals surface area contributed by atoms with Crippen molar-refractivity contribution in [3.8, 4) is 6.07 Å². The topological polar surface area (TPSA) is 102 Å². The van der Waals surface area contributed by atoms with Gasteiger partial charge < -0.3 is 15.3 Å². The predicted octanol–water partition coefficient (Wildman–Crippen LogP) is 0.611. The number of carboxylic acids is 1. The third-order valence-electron chi connectivity index (χ3n) is 2.25. The molecule has 3 N–H and O–H groups in total. The maximum atomic E-state index is 10.7. The maximum absolute atomic E-state index is 10.7. The Morgan fingerprint density at radius 1 is 1.44 bits per heavy atom. The van der Waals surface area contributed by atoms with Crippen LogP contribution in [0.15, 0.2) is 18.2 Å². The standard InChI is InChI=1S/C11H11NO4/c1-6-4-7(10(14)9(13)5-12)2-3-8(6)11(15)16/h2-4,9-10,13-14H,1H3,(H,15,16). The van der Waals surface area contributed by atoms with Gasteiger partial charge in [-0.1, -0.05) is 12.1 Å². The minimum absolute atomic E-state index is 0.127. The molecule has 5 heteroatoms. The number of hydrogen-bond acceptors (Lipinski definition) is 4. The molecule has 0 bridgehead atoms. The summed E-state index contributed by atoms with van der Waals surface area (Å²) in [5, 5.41) is 35.9. The molecule has 84 valence electrons. The zero-order chi connectivity index (χ0) is 12.3. The third kappa shape index (κ3) is 2.37. The summed E-state index contributed by atoms with van der Waals surface area (Å²) in [6.45, 7) is 1.58. The highest BCUT2D eigenvalue weighted by atomic mass is 16.4. The molecular formula is C11H11NO4. The second-order valence-electron chi connectivity index (χ2n) is 3.40. The summed E-state index contributed by atoms with van der Waals surface area (Å²) < 4.78 is 0. The maximum Gasteiger partial charge on any atom is 0.335 e. The summed E-state index contributed by atoms with van der Waals surface area (Å²) >= 11 is 0. The van der Waals surface area contributed by atoms with Gasteiger partial charge >= 0.3 is 5.97 Å². The SMILES string of the molecule is Cc1cc(C(O)C(O)C#N)ccc1C(=O)O. The van der Waals surface area contributed by atoms with Crippen molar-refractivity contribution in [3.05, 3.63) is 34.9 Å². The Kier molecular flexibility index (Phi) is 3.61. The van der Waals surface area contributed by atoms with E-state index in [1.807, 2.05) is 0 Å². The molecule has 0 aromatic heterocycles. The number of aliphatic hydroxyl groups is 2. The van der Waals surface area contributed by atoms with Crippen LogP contribution in [-0.2, 0) is 0 Å². The first-order chi connectivity index (χ1) is 7.47. The third-order valence-corrected chi connectivity index (χ3v) is 2.25. The van der Waals surface area contributed by atoms with Crippen LogP contribution in [0.4, 0.5) is 0 Å². The Labute approximate surface area is 92.2 Å². The van der Waals surface area contributed by atoms with E-state index in [0.717, 1.165) is 0 Å². The average molecular weight is 221 g/mol. The Morgan fingerprint density at radius 3 is 2.50 bits per heavy atom. The number of nitriles is 1. The number of rotatable bonds is 3. The number of hydrogen-bond donors (Lipinski definition) is 3. The molecule has 0 radical (unpaired) electrons. The van der Waals surface area contributed by atoms with Crippen LogP contribution >= 0.6 is 0 Å². The van der Waals surface area contributed by atoms with Gasteiger partial charge in [-0.25, -0.2) is 4.79 Å². The summed E-state index contributed by atoms with van der Waals surface area (Å²) in [7, 11) is 0. The highest BCUT2D eigenvalue weighted by Crippen LogP contribution is 2.20. The average Bonchev–Trinajstić information content (AvgIpc) is 2.26. The zero-order valence-electron chi connectivity index (χ0n) is 8.58. The molecule has 0 aliphatic carbocycles. The second-order valence-corrected chi connectivity index (χ2v) is 3.40. The van der Waals surface area contributed by atoms with Crippen LogP contribution in [0.3, 0.4) is 0 Å². The van der Waals surface area contributed by atoms with E-state index < -0.39 is 18.2 Å². The summed E-state index contributed by atoms with van der Waals surface area (Å²) in [4.78, 5) is 10.7. The molecule has 0 heterocycles. The predicted molar refractivity (Wildman–Crippen MR) is 54.7 cm³/mol. The van der Waals surface area contributed by atoms with Crippen molar-refractivity contribution in [2.24, 2.45) is 0 Å². The molecule has 0 aliphatic rings. The van der Waals surface area contributed by atoms with Gasteiger partial charge in [0.2, 0.25) is 0 Å². The number of benzene rings is 1. The van der Waals surface area contributed by atoms with E-state index in [-0.39, 0.29) is 5.56 Å². The molecule has 0 spiro atoms. The molecule has 0 amide bonds. The van der Waals surface area contributed by atoms with Gasteiger partial charge in [0.15, 0.2) is 6.10 Å². The van der Waals surface area contributed by atoms with E-state index in [9.17, 15) is 9.90 Å². The number of aliphatic hydroxyl groups excluding tert-OH is 2. The number of carboxylic acid groups (broad SMARTS) is 1. The lowest BCUT2D eigenvalue weighted by atomic mass is 9.99. The van der Waals surface area contributed by atoms with Crippen molar-refractivity contribution in [2.75, 3.05) is 0 Å². The smallest absolute Gasteiger partial charge is 0.335 e. The highest BCUT2D eigenvalue weighted by molar-refractivity contribution is 5.89. The van der Waals surface area contributed by atoms with Gasteiger partial charge in [0.25, 0.3) is 0 Å². The monoisotopic (exact) mass is 221 g/mol. The van der Waals surface area contributed by atoms with Crippen LogP contribution in [0.1, 0.15) is 27.6 Å². The highest BCUT2D eigenvalue weighted by Gasteiger charge is 2.18. The van der Waals surface area contributed by atoms with Crippen LogP contribution in [0.2, 0.25) is 0 Å². The molecule has 1 aromatic rings. The summed E-state index contributed by atoms with van der Waals surface area (Å²) in [6.07, 6.45) is -2.85. The Bertz CT molecular complexity index is 450. The van der Waals surface area contributed by atoms with E-state index in [1.54, 1.807) is 6.92 Å². The molecule has 0 fully saturated rings. The number of aromatic carboxylic acids is 1. The second kappa shape index (κ2) is 4.75. The fraction of sp³-hybridized carbons (Fsp3) is 0.273. The summed E-state index contributed by atoms with van der Waals surface area (Å²) in [6, 6.07) is 5.66. The molecule has 2 atom stereocenters. The summed E-state index contributed by atoms with van der Waals surface area (Å²) in [5.74, 6) is -1.06. The molecule has 0 saturated heterocycles. The van der Waals surface area contributed by atoms with Crippen LogP contribution in [-0.4, -0.2) is 27.4 Å². The van der Waals surface area contributed by atoms with Crippen LogP contribution < -0.4 is 0 Å². The summed E-state index contributed by atoms with van der Waals surface area (Å²) in [5.41, 5.74) is 0.910. The van der Waals surface area contributed by atoms with Crippen LogP contribution in [0, 0.1) is 18.3 Å². The molecule has 1 rings (SSSR count). The number of carbonyl (C=O) groups is 1. The zero-order valence-corrected chi connectivity index (χ0v) is 8.58. The minimum Gasteiger partial charge on any atom is -0.478 e. The molecule has 1 aromatic carbocycles. The lowest BCUT2D eigenvalue weighted by molar-refractivity contribution is 0.0527. The van der Waals surface area contributed by atoms with E-state index in [2.05, 4.69) is 0 Å². The van der Waals surface area contributed by atoms with Gasteiger partial charge in [0.1, 0.15) is 6.10 Å². The van der Waals surface area contributed by atoms with Crippen molar-refractivity contribution in [2.45, 2.75) is 19.1 Å². The Morgan fingerprint density at radius 2 is 2.06 bits per heavy atom. The number of aryl methyl sites for hydroxylation is 1. The largest absolute Gasteiger partial charge is 0.478 e. The van der Waals surface area contributed by atoms with E-state index in [1.165, 1.54) is 24.3 Å². The quantitative estimate of drug-likeness (QED) is 0.649. The van der Waals surface area contributed by atoms with E-state index in [4.69, 9.17) is 15.5 Å². The van der Waals surface area contributed by atoms with Crippen LogP contribution in [0.25, 0.3) is 0 Å². The van der Waals surface area contributed by atoms with E-state index >= 15 is 0 Å². The van der Waals surface area contributed by atoms with Crippen molar-refractivity contribution in [1.29, 1.82) is 5.26 Å². The fourth-order valence-corrected chi connectivity index (χ4v) is 1.36. The molecule has 0 saturated carbocycles. The van der Waals surface area contributed by atoms with Gasteiger partial charge in [0.05, 0.1) is 11.6 Å². The van der Waals surface area contributed by atoms with Gasteiger partial charge in [-0.05, 0) is 24.1 Å². The van der Waals surface area contributed by atoms with Gasteiger partial charge in [-0.15, -0.1) is 0 Å². The van der Waals surface area contributed by atoms with E-state index in [0.29, 0.717) is 11.1 Å². The first-order valence-electron chi connectivity index (χ1n) is 4.57. The first-order valence-corrected chi connectivity index (χ1v) is 4.57. The van der Waals surface area contributed by atoms with Crippen molar-refractivity contribution in [1.82, 2.24) is 0 Å². The van der Waals surface area contributed by atoms with Crippen molar-refractivity contribution in [3.63, 3.8) is 0 Å². The molecule has 16 heavy (non-hydrogen) atoms. The van der Waals surface area contributed by atoms with Gasteiger partial charge in [-0.3, -0.25) is 0 Å². The van der Waals surface area contributed by atoms with Gasteiger partial charge in [0, 0.05) is 0 Å². The normalized spacial score (nSPS) is 13.9. The lowest BCUT2D eigenvalue weighted by Gasteiger charge is -2.13. The Hall–Kier alpha value is -1.90. The fourth-order valence-electron chi connectivity index (χ4n) is 1.36. The number of nitrogens with zero attached hydrogens (tertiary/aromatic N) is 1. The molecule has 0 aliphatic heterocycles. The Balaban J connectivity index is 3.07. The minimum atomic E-state index is -1.52. The van der Waals surface area contributed by atoms with Crippen molar-refractivity contribution < 1.29 is 20.1 Å². The molecular weight excluding hydrogens is 210 g/mol. The lowest BCUT2D eigenvalue weighted by Crippen LogP contribution is -2.16. The molecule has 2 unspecified atom stereocenters. The molecule has 5 nitrogen and oxygen atoms in total.